The van der Waals surface area contributed by atoms with Gasteiger partial charge in [0.15, 0.2) is 0 Å². The topological polar surface area (TPSA) is 41.5 Å². The van der Waals surface area contributed by atoms with E-state index in [-0.39, 0.29) is 5.75 Å². The molecule has 0 aliphatic rings. The smallest absolute Gasteiger partial charge is 0.120 e. The van der Waals surface area contributed by atoms with Gasteiger partial charge in [-0.3, -0.25) is 0 Å². The van der Waals surface area contributed by atoms with Crippen molar-refractivity contribution in [2.45, 2.75) is 26.5 Å². The van der Waals surface area contributed by atoms with Crippen LogP contribution in [0.2, 0.25) is 0 Å². The lowest BCUT2D eigenvalue weighted by Gasteiger charge is -2.09. The molecule has 0 saturated heterocycles. The minimum Gasteiger partial charge on any atom is -0.508 e. The van der Waals surface area contributed by atoms with E-state index in [1.165, 1.54) is 5.56 Å². The average molecular weight is 271 g/mol. The van der Waals surface area contributed by atoms with Crippen LogP contribution in [-0.4, -0.2) is 11.7 Å². The van der Waals surface area contributed by atoms with Crippen molar-refractivity contribution in [2.75, 3.05) is 6.54 Å². The Hall–Kier alpha value is -2.00. The molecule has 0 aromatic heterocycles. The number of benzene rings is 2. The number of ether oxygens (including phenoxy) is 1. The fraction of sp³-hybridized carbons (Fsp3) is 0.294. The molecule has 3 nitrogen and oxygen atoms in total. The fourth-order valence-corrected chi connectivity index (χ4v) is 1.91. The second-order valence-electron chi connectivity index (χ2n) is 4.78. The monoisotopic (exact) mass is 271 g/mol. The number of aromatic hydroxyl groups is 1. The summed E-state index contributed by atoms with van der Waals surface area (Å²) in [5, 5.41) is 12.6. The van der Waals surface area contributed by atoms with Crippen molar-refractivity contribution in [1.29, 1.82) is 0 Å². The van der Waals surface area contributed by atoms with Crippen LogP contribution >= 0.6 is 0 Å². The number of phenols is 1. The Bertz CT molecular complexity index is 523. The number of hydrogen-bond donors (Lipinski definition) is 2. The van der Waals surface area contributed by atoms with Crippen LogP contribution in [0.3, 0.4) is 0 Å². The maximum Gasteiger partial charge on any atom is 0.120 e. The minimum absolute atomic E-state index is 0.276. The van der Waals surface area contributed by atoms with Crippen molar-refractivity contribution in [3.05, 3.63) is 59.7 Å². The lowest BCUT2D eigenvalue weighted by molar-refractivity contribution is 0.305. The first-order chi connectivity index (χ1) is 9.78. The lowest BCUT2D eigenvalue weighted by Crippen LogP contribution is -2.13. The van der Waals surface area contributed by atoms with Crippen LogP contribution in [0.4, 0.5) is 0 Å². The molecule has 2 N–H and O–H groups in total. The third-order valence-electron chi connectivity index (χ3n) is 3.00. The van der Waals surface area contributed by atoms with Crippen LogP contribution in [0.5, 0.6) is 11.5 Å². The van der Waals surface area contributed by atoms with Gasteiger partial charge in [-0.2, -0.15) is 0 Å². The Balaban J connectivity index is 1.89. The van der Waals surface area contributed by atoms with Gasteiger partial charge in [-0.25, -0.2) is 0 Å². The zero-order valence-corrected chi connectivity index (χ0v) is 11.8. The summed E-state index contributed by atoms with van der Waals surface area (Å²) in [6.07, 6.45) is 1.14. The third kappa shape index (κ3) is 4.59. The van der Waals surface area contributed by atoms with E-state index in [2.05, 4.69) is 24.4 Å². The molecule has 2 aromatic carbocycles. The van der Waals surface area contributed by atoms with Crippen LogP contribution in [0, 0.1) is 0 Å². The van der Waals surface area contributed by atoms with Gasteiger partial charge in [0.05, 0.1) is 0 Å². The molecule has 0 radical (unpaired) electrons. The van der Waals surface area contributed by atoms with E-state index < -0.39 is 0 Å². The second-order valence-corrected chi connectivity index (χ2v) is 4.78. The molecule has 0 amide bonds. The predicted octanol–water partition coefficient (Wildman–Crippen LogP) is 3.47. The Morgan fingerprint density at radius 1 is 1.05 bits per heavy atom. The predicted molar refractivity (Wildman–Crippen MR) is 80.9 cm³/mol. The molecule has 0 heterocycles. The van der Waals surface area contributed by atoms with E-state index in [1.807, 2.05) is 24.3 Å². The zero-order valence-electron chi connectivity index (χ0n) is 11.8. The Morgan fingerprint density at radius 3 is 2.60 bits per heavy atom. The molecule has 0 fully saturated rings. The highest BCUT2D eigenvalue weighted by Crippen LogP contribution is 2.16. The van der Waals surface area contributed by atoms with Gasteiger partial charge < -0.3 is 15.2 Å². The zero-order chi connectivity index (χ0) is 14.2. The van der Waals surface area contributed by atoms with Crippen molar-refractivity contribution in [2.24, 2.45) is 0 Å². The maximum atomic E-state index is 9.23. The molecule has 0 aliphatic heterocycles. The number of hydrogen-bond acceptors (Lipinski definition) is 3. The lowest BCUT2D eigenvalue weighted by atomic mass is 10.2. The summed E-state index contributed by atoms with van der Waals surface area (Å²) in [7, 11) is 0. The minimum atomic E-state index is 0.276. The number of nitrogens with one attached hydrogen (secondary N) is 1. The van der Waals surface area contributed by atoms with Crippen molar-refractivity contribution in [3.8, 4) is 11.5 Å². The largest absolute Gasteiger partial charge is 0.508 e. The molecule has 0 bridgehead atoms. The summed E-state index contributed by atoms with van der Waals surface area (Å²) in [5.74, 6) is 1.15. The summed E-state index contributed by atoms with van der Waals surface area (Å²) in [5.41, 5.74) is 2.26. The molecule has 0 aliphatic carbocycles. The molecule has 0 saturated carbocycles. The fourth-order valence-electron chi connectivity index (χ4n) is 1.91. The standard InChI is InChI=1S/C17H21NO2/c1-2-10-18-12-15-4-3-5-17(11-15)20-13-14-6-8-16(19)9-7-14/h3-9,11,18-19H,2,10,12-13H2,1H3. The Kier molecular flexibility index (Phi) is 5.44. The summed E-state index contributed by atoms with van der Waals surface area (Å²) in [6.45, 7) is 4.55. The van der Waals surface area contributed by atoms with Gasteiger partial charge in [-0.05, 0) is 48.4 Å². The van der Waals surface area contributed by atoms with Crippen LogP contribution in [0.25, 0.3) is 0 Å². The van der Waals surface area contributed by atoms with Gasteiger partial charge in [-0.1, -0.05) is 31.2 Å². The Morgan fingerprint density at radius 2 is 1.85 bits per heavy atom. The first kappa shape index (κ1) is 14.4. The van der Waals surface area contributed by atoms with E-state index >= 15 is 0 Å². The van der Waals surface area contributed by atoms with Gasteiger partial charge in [0, 0.05) is 6.54 Å². The average Bonchev–Trinajstić information content (AvgIpc) is 2.47. The van der Waals surface area contributed by atoms with Gasteiger partial charge >= 0.3 is 0 Å². The second kappa shape index (κ2) is 7.56. The first-order valence-electron chi connectivity index (χ1n) is 6.98. The van der Waals surface area contributed by atoms with Crippen molar-refractivity contribution < 1.29 is 9.84 Å². The molecule has 20 heavy (non-hydrogen) atoms. The van der Waals surface area contributed by atoms with Gasteiger partial charge in [0.25, 0.3) is 0 Å². The maximum absolute atomic E-state index is 9.23. The van der Waals surface area contributed by atoms with Gasteiger partial charge in [-0.15, -0.1) is 0 Å². The van der Waals surface area contributed by atoms with Crippen LogP contribution < -0.4 is 10.1 Å². The molecule has 106 valence electrons. The normalized spacial score (nSPS) is 10.4. The summed E-state index contributed by atoms with van der Waals surface area (Å²) >= 11 is 0. The van der Waals surface area contributed by atoms with E-state index in [9.17, 15) is 5.11 Å². The highest BCUT2D eigenvalue weighted by atomic mass is 16.5. The van der Waals surface area contributed by atoms with E-state index in [4.69, 9.17) is 4.74 Å². The number of rotatable bonds is 7. The summed E-state index contributed by atoms with van der Waals surface area (Å²) in [4.78, 5) is 0. The molecule has 0 atom stereocenters. The molecule has 0 spiro atoms. The molecular formula is C17H21NO2. The summed E-state index contributed by atoms with van der Waals surface area (Å²) < 4.78 is 5.77. The van der Waals surface area contributed by atoms with Crippen LogP contribution in [-0.2, 0) is 13.2 Å². The molecule has 0 unspecified atom stereocenters. The van der Waals surface area contributed by atoms with E-state index in [0.29, 0.717) is 6.61 Å². The van der Waals surface area contributed by atoms with E-state index in [1.54, 1.807) is 12.1 Å². The first-order valence-corrected chi connectivity index (χ1v) is 6.98. The highest BCUT2D eigenvalue weighted by molar-refractivity contribution is 5.30. The number of phenolic OH excluding ortho intramolecular Hbond substituents is 1. The molecular weight excluding hydrogens is 250 g/mol. The quantitative estimate of drug-likeness (QED) is 0.758. The van der Waals surface area contributed by atoms with Crippen molar-refractivity contribution in [3.63, 3.8) is 0 Å². The van der Waals surface area contributed by atoms with Crippen LogP contribution in [0.1, 0.15) is 24.5 Å². The van der Waals surface area contributed by atoms with Crippen molar-refractivity contribution >= 4 is 0 Å². The molecule has 3 heteroatoms. The molecule has 2 aromatic rings. The van der Waals surface area contributed by atoms with Crippen molar-refractivity contribution in [1.82, 2.24) is 5.32 Å². The van der Waals surface area contributed by atoms with Gasteiger partial charge in [0.2, 0.25) is 0 Å². The van der Waals surface area contributed by atoms with E-state index in [0.717, 1.165) is 30.8 Å². The summed E-state index contributed by atoms with van der Waals surface area (Å²) in [6, 6.07) is 15.2. The molecule has 2 rings (SSSR count). The SMILES string of the molecule is CCCNCc1cccc(OCc2ccc(O)cc2)c1. The van der Waals surface area contributed by atoms with Gasteiger partial charge in [0.1, 0.15) is 18.1 Å². The third-order valence-corrected chi connectivity index (χ3v) is 3.00. The highest BCUT2D eigenvalue weighted by Gasteiger charge is 1.99. The van der Waals surface area contributed by atoms with Crippen LogP contribution in [0.15, 0.2) is 48.5 Å². The Labute approximate surface area is 120 Å².